The predicted octanol–water partition coefficient (Wildman–Crippen LogP) is 2.91. The summed E-state index contributed by atoms with van der Waals surface area (Å²) < 4.78 is 35.4. The van der Waals surface area contributed by atoms with Gasteiger partial charge in [0.1, 0.15) is 10.6 Å². The molecule has 0 bridgehead atoms. The Hall–Kier alpha value is -2.16. The Morgan fingerprint density at radius 1 is 1.24 bits per heavy atom. The van der Waals surface area contributed by atoms with Crippen molar-refractivity contribution in [1.82, 2.24) is 14.5 Å². The monoisotopic (exact) mass is 377 g/mol. The van der Waals surface area contributed by atoms with Gasteiger partial charge >= 0.3 is 0 Å². The largest absolute Gasteiger partial charge is 0.492 e. The van der Waals surface area contributed by atoms with E-state index >= 15 is 0 Å². The number of ether oxygens (including phenoxy) is 1. The van der Waals surface area contributed by atoms with Crippen LogP contribution in [0.15, 0.2) is 65.1 Å². The number of benzene rings is 1. The maximum Gasteiger partial charge on any atom is 0.244 e. The minimum atomic E-state index is -3.70. The van der Waals surface area contributed by atoms with Crippen LogP contribution < -0.4 is 9.46 Å². The molecule has 132 valence electrons. The Kier molecular flexibility index (Phi) is 5.52. The van der Waals surface area contributed by atoms with Crippen LogP contribution in [0.25, 0.3) is 0 Å². The fourth-order valence-corrected chi connectivity index (χ4v) is 4.49. The van der Waals surface area contributed by atoms with Gasteiger partial charge in [-0.05, 0) is 36.6 Å². The maximum absolute atomic E-state index is 12.8. The molecule has 0 saturated heterocycles. The second kappa shape index (κ2) is 7.81. The van der Waals surface area contributed by atoms with E-state index in [1.807, 2.05) is 36.7 Å². The molecule has 0 spiro atoms. The van der Waals surface area contributed by atoms with Crippen molar-refractivity contribution < 1.29 is 13.2 Å². The smallest absolute Gasteiger partial charge is 0.244 e. The van der Waals surface area contributed by atoms with Crippen LogP contribution in [-0.4, -0.2) is 31.3 Å². The summed E-state index contributed by atoms with van der Waals surface area (Å²) in [5.74, 6) is 0.351. The van der Waals surface area contributed by atoms with Crippen molar-refractivity contribution in [2.75, 3.05) is 13.2 Å². The third kappa shape index (κ3) is 4.09. The average molecular weight is 377 g/mol. The molecule has 2 heterocycles. The second-order valence-electron chi connectivity index (χ2n) is 5.25. The first-order valence-electron chi connectivity index (χ1n) is 7.86. The molecule has 2 aromatic heterocycles. The van der Waals surface area contributed by atoms with Gasteiger partial charge < -0.3 is 4.74 Å². The number of aromatic nitrogens is 2. The van der Waals surface area contributed by atoms with Crippen LogP contribution in [0.4, 0.5) is 0 Å². The number of hydrogen-bond acceptors (Lipinski definition) is 5. The van der Waals surface area contributed by atoms with Crippen LogP contribution in [0.1, 0.15) is 17.8 Å². The van der Waals surface area contributed by atoms with Gasteiger partial charge in [0.2, 0.25) is 10.0 Å². The molecule has 0 fully saturated rings. The first-order chi connectivity index (χ1) is 12.1. The fourth-order valence-electron chi connectivity index (χ4n) is 2.48. The van der Waals surface area contributed by atoms with E-state index in [0.717, 1.165) is 4.88 Å². The third-order valence-corrected chi connectivity index (χ3v) is 6.06. The number of thiophene rings is 1. The van der Waals surface area contributed by atoms with Gasteiger partial charge in [-0.1, -0.05) is 18.2 Å². The molecule has 0 aliphatic carbocycles. The van der Waals surface area contributed by atoms with Crippen LogP contribution in [-0.2, 0) is 10.0 Å². The lowest BCUT2D eigenvalue weighted by Gasteiger charge is -2.18. The number of sulfonamides is 1. The molecule has 0 saturated carbocycles. The van der Waals surface area contributed by atoms with Crippen molar-refractivity contribution in [3.8, 4) is 5.75 Å². The normalized spacial score (nSPS) is 12.8. The Bertz CT molecular complexity index is 857. The molecule has 1 aromatic carbocycles. The van der Waals surface area contributed by atoms with E-state index in [0.29, 0.717) is 12.4 Å². The van der Waals surface area contributed by atoms with Crippen molar-refractivity contribution in [3.63, 3.8) is 0 Å². The summed E-state index contributed by atoms with van der Waals surface area (Å²) in [6.45, 7) is 2.42. The predicted molar refractivity (Wildman–Crippen MR) is 97.5 cm³/mol. The zero-order valence-electron chi connectivity index (χ0n) is 13.7. The molecule has 0 aliphatic heterocycles. The third-order valence-electron chi connectivity index (χ3n) is 3.62. The van der Waals surface area contributed by atoms with E-state index < -0.39 is 10.0 Å². The van der Waals surface area contributed by atoms with Gasteiger partial charge in [0, 0.05) is 23.8 Å². The Balaban J connectivity index is 1.83. The summed E-state index contributed by atoms with van der Waals surface area (Å²) >= 11 is 1.57. The lowest BCUT2D eigenvalue weighted by atomic mass is 10.2. The molecule has 1 unspecified atom stereocenters. The Morgan fingerprint density at radius 2 is 2.08 bits per heavy atom. The van der Waals surface area contributed by atoms with Crippen LogP contribution in [0.2, 0.25) is 0 Å². The molecule has 3 aromatic rings. The van der Waals surface area contributed by atoms with Crippen LogP contribution in [0.5, 0.6) is 5.75 Å². The van der Waals surface area contributed by atoms with Crippen molar-refractivity contribution in [1.29, 1.82) is 0 Å². The highest BCUT2D eigenvalue weighted by atomic mass is 32.2. The molecule has 6 nitrogen and oxygen atoms in total. The zero-order chi connectivity index (χ0) is 17.7. The molecule has 25 heavy (non-hydrogen) atoms. The Morgan fingerprint density at radius 3 is 2.76 bits per heavy atom. The summed E-state index contributed by atoms with van der Waals surface area (Å²) in [5.41, 5.74) is 0. The quantitative estimate of drug-likeness (QED) is 0.655. The fraction of sp³-hybridized carbons (Fsp3) is 0.235. The highest BCUT2D eigenvalue weighted by Gasteiger charge is 2.23. The van der Waals surface area contributed by atoms with E-state index in [2.05, 4.69) is 9.82 Å². The number of hydrogen-bond donors (Lipinski definition) is 1. The summed E-state index contributed by atoms with van der Waals surface area (Å²) in [7, 11) is -3.70. The van der Waals surface area contributed by atoms with Crippen LogP contribution >= 0.6 is 11.3 Å². The standard InChI is InChI=1S/C17H19N3O3S2/c1-2-23-15-7-3-4-9-17(15)25(21,22)19-13-14(16-8-5-12-24-16)20-11-6-10-18-20/h3-12,14,19H,2,13H2,1H3. The number of para-hydroxylation sites is 1. The van der Waals surface area contributed by atoms with Gasteiger partial charge in [-0.2, -0.15) is 5.10 Å². The highest BCUT2D eigenvalue weighted by Crippen LogP contribution is 2.25. The SMILES string of the molecule is CCOc1ccccc1S(=O)(=O)NCC(c1cccs1)n1cccn1. The van der Waals surface area contributed by atoms with E-state index in [1.165, 1.54) is 0 Å². The molecule has 1 atom stereocenters. The minimum absolute atomic E-state index is 0.141. The van der Waals surface area contributed by atoms with Crippen LogP contribution in [0.3, 0.4) is 0 Å². The molecule has 0 amide bonds. The van der Waals surface area contributed by atoms with E-state index in [-0.39, 0.29) is 17.5 Å². The molecule has 1 N–H and O–H groups in total. The molecule has 8 heteroatoms. The number of rotatable bonds is 8. The number of nitrogens with zero attached hydrogens (tertiary/aromatic N) is 2. The minimum Gasteiger partial charge on any atom is -0.492 e. The van der Waals surface area contributed by atoms with Crippen molar-refractivity contribution in [2.24, 2.45) is 0 Å². The molecule has 0 radical (unpaired) electrons. The summed E-state index contributed by atoms with van der Waals surface area (Å²) in [6, 6.07) is 12.2. The molecule has 3 rings (SSSR count). The van der Waals surface area contributed by atoms with Crippen molar-refractivity contribution in [3.05, 3.63) is 65.1 Å². The van der Waals surface area contributed by atoms with Gasteiger partial charge in [-0.15, -0.1) is 11.3 Å². The lowest BCUT2D eigenvalue weighted by molar-refractivity contribution is 0.331. The van der Waals surface area contributed by atoms with Crippen molar-refractivity contribution in [2.45, 2.75) is 17.9 Å². The van der Waals surface area contributed by atoms with Gasteiger partial charge in [0.25, 0.3) is 0 Å². The van der Waals surface area contributed by atoms with Gasteiger partial charge in [-0.3, -0.25) is 4.68 Å². The topological polar surface area (TPSA) is 73.2 Å². The Labute approximate surface area is 151 Å². The van der Waals surface area contributed by atoms with E-state index in [9.17, 15) is 8.42 Å². The molecular formula is C17H19N3O3S2. The van der Waals surface area contributed by atoms with E-state index in [1.54, 1.807) is 46.5 Å². The van der Waals surface area contributed by atoms with Crippen LogP contribution in [0, 0.1) is 0 Å². The second-order valence-corrected chi connectivity index (χ2v) is 7.96. The highest BCUT2D eigenvalue weighted by molar-refractivity contribution is 7.89. The lowest BCUT2D eigenvalue weighted by Crippen LogP contribution is -2.31. The first-order valence-corrected chi connectivity index (χ1v) is 10.2. The first kappa shape index (κ1) is 17.7. The van der Waals surface area contributed by atoms with Gasteiger partial charge in [0.15, 0.2) is 0 Å². The van der Waals surface area contributed by atoms with Gasteiger partial charge in [0.05, 0.1) is 12.6 Å². The van der Waals surface area contributed by atoms with Gasteiger partial charge in [-0.25, -0.2) is 13.1 Å². The average Bonchev–Trinajstić information content (AvgIpc) is 3.30. The maximum atomic E-state index is 12.8. The molecule has 0 aliphatic rings. The molecular weight excluding hydrogens is 358 g/mol. The summed E-state index contributed by atoms with van der Waals surface area (Å²) in [5, 5.41) is 6.22. The summed E-state index contributed by atoms with van der Waals surface area (Å²) in [6.07, 6.45) is 3.51. The van der Waals surface area contributed by atoms with Crippen molar-refractivity contribution >= 4 is 21.4 Å². The summed E-state index contributed by atoms with van der Waals surface area (Å²) in [4.78, 5) is 1.17. The number of nitrogens with one attached hydrogen (secondary N) is 1. The zero-order valence-corrected chi connectivity index (χ0v) is 15.3. The van der Waals surface area contributed by atoms with E-state index in [4.69, 9.17) is 4.74 Å².